The topological polar surface area (TPSA) is 92.8 Å². The largest absolute Gasteiger partial charge is 0.469 e. The first-order valence-corrected chi connectivity index (χ1v) is 10.2. The number of hydrogen-bond acceptors (Lipinski definition) is 5. The zero-order chi connectivity index (χ0) is 21.8. The van der Waals surface area contributed by atoms with E-state index in [2.05, 4.69) is 5.32 Å². The zero-order valence-electron chi connectivity index (χ0n) is 16.6. The van der Waals surface area contributed by atoms with Crippen molar-refractivity contribution in [3.63, 3.8) is 0 Å². The van der Waals surface area contributed by atoms with Crippen LogP contribution in [-0.4, -0.2) is 45.8 Å². The molecule has 2 aromatic rings. The maximum Gasteiger partial charge on any atom is 0.307 e. The molecule has 0 aliphatic rings. The Morgan fingerprint density at radius 2 is 1.76 bits per heavy atom. The van der Waals surface area contributed by atoms with Gasteiger partial charge in [0.2, 0.25) is 10.0 Å². The molecule has 0 fully saturated rings. The summed E-state index contributed by atoms with van der Waals surface area (Å²) in [4.78, 5) is 23.9. The Labute approximate surface area is 169 Å². The molecule has 0 aliphatic heterocycles. The summed E-state index contributed by atoms with van der Waals surface area (Å²) in [5, 5.41) is 2.69. The quantitative estimate of drug-likeness (QED) is 0.692. The summed E-state index contributed by atoms with van der Waals surface area (Å²) in [6.45, 7) is 1.91. The van der Waals surface area contributed by atoms with E-state index in [0.717, 1.165) is 22.0 Å². The third kappa shape index (κ3) is 5.39. The lowest BCUT2D eigenvalue weighted by molar-refractivity contribution is -0.141. The monoisotopic (exact) mass is 422 g/mol. The van der Waals surface area contributed by atoms with Gasteiger partial charge in [-0.3, -0.25) is 9.59 Å². The summed E-state index contributed by atoms with van der Waals surface area (Å²) in [5.74, 6) is -2.12. The molecule has 156 valence electrons. The lowest BCUT2D eigenvalue weighted by atomic mass is 10.0. The summed E-state index contributed by atoms with van der Waals surface area (Å²) < 4.78 is 44.2. The van der Waals surface area contributed by atoms with Crippen LogP contribution in [0.25, 0.3) is 0 Å². The normalized spacial score (nSPS) is 12.5. The van der Waals surface area contributed by atoms with Gasteiger partial charge in [-0.15, -0.1) is 0 Å². The Balaban J connectivity index is 2.36. The molecule has 2 aromatic carbocycles. The highest BCUT2D eigenvalue weighted by molar-refractivity contribution is 7.89. The molecule has 0 saturated heterocycles. The molecule has 0 saturated carbocycles. The van der Waals surface area contributed by atoms with Crippen molar-refractivity contribution in [1.29, 1.82) is 0 Å². The average Bonchev–Trinajstić information content (AvgIpc) is 2.67. The summed E-state index contributed by atoms with van der Waals surface area (Å²) in [6, 6.07) is 9.61. The number of hydrogen-bond donors (Lipinski definition) is 1. The Bertz CT molecular complexity index is 1000. The van der Waals surface area contributed by atoms with Crippen molar-refractivity contribution >= 4 is 21.9 Å². The van der Waals surface area contributed by atoms with Crippen molar-refractivity contribution < 1.29 is 27.1 Å². The second-order valence-corrected chi connectivity index (χ2v) is 8.77. The lowest BCUT2D eigenvalue weighted by Gasteiger charge is -2.19. The Morgan fingerprint density at radius 3 is 2.31 bits per heavy atom. The standard InChI is InChI=1S/C20H23FN2O5S/c1-13-5-7-14(8-6-13)17(12-19(24)28-4)22-20(25)15-9-10-16(21)18(11-15)29(26,27)23(2)3/h5-11,17H,12H2,1-4H3,(H,22,25). The molecule has 0 spiro atoms. The molecule has 1 atom stereocenters. The molecule has 0 aromatic heterocycles. The van der Waals surface area contributed by atoms with E-state index in [-0.39, 0.29) is 12.0 Å². The molecule has 0 heterocycles. The molecule has 1 N–H and O–H groups in total. The SMILES string of the molecule is COC(=O)CC(NC(=O)c1ccc(F)c(S(=O)(=O)N(C)C)c1)c1ccc(C)cc1. The van der Waals surface area contributed by atoms with E-state index < -0.39 is 38.7 Å². The number of nitrogens with one attached hydrogen (secondary N) is 1. The number of aryl methyl sites for hydroxylation is 1. The number of ether oxygens (including phenoxy) is 1. The van der Waals surface area contributed by atoms with Crippen LogP contribution in [0.15, 0.2) is 47.4 Å². The van der Waals surface area contributed by atoms with Crippen molar-refractivity contribution in [2.45, 2.75) is 24.3 Å². The van der Waals surface area contributed by atoms with Crippen LogP contribution in [0.1, 0.15) is 33.9 Å². The maximum absolute atomic E-state index is 14.1. The summed E-state index contributed by atoms with van der Waals surface area (Å²) >= 11 is 0. The van der Waals surface area contributed by atoms with Crippen LogP contribution in [0.3, 0.4) is 0 Å². The van der Waals surface area contributed by atoms with Crippen molar-refractivity contribution in [1.82, 2.24) is 9.62 Å². The molecular formula is C20H23FN2O5S. The zero-order valence-corrected chi connectivity index (χ0v) is 17.4. The fraction of sp³-hybridized carbons (Fsp3) is 0.300. The number of methoxy groups -OCH3 is 1. The molecule has 0 bridgehead atoms. The van der Waals surface area contributed by atoms with E-state index in [4.69, 9.17) is 4.74 Å². The fourth-order valence-electron chi connectivity index (χ4n) is 2.58. The second kappa shape index (κ2) is 9.15. The molecular weight excluding hydrogens is 399 g/mol. The Kier molecular flexibility index (Phi) is 7.10. The predicted octanol–water partition coefficient (Wildman–Crippen LogP) is 2.42. The van der Waals surface area contributed by atoms with Crippen molar-refractivity contribution in [3.8, 4) is 0 Å². The van der Waals surface area contributed by atoms with Crippen LogP contribution < -0.4 is 5.32 Å². The smallest absolute Gasteiger partial charge is 0.307 e. The highest BCUT2D eigenvalue weighted by Gasteiger charge is 2.25. The average molecular weight is 422 g/mol. The second-order valence-electron chi connectivity index (χ2n) is 6.65. The van der Waals surface area contributed by atoms with E-state index in [1.165, 1.54) is 27.3 Å². The van der Waals surface area contributed by atoms with Gasteiger partial charge in [-0.2, -0.15) is 0 Å². The molecule has 7 nitrogen and oxygen atoms in total. The molecule has 9 heteroatoms. The van der Waals surface area contributed by atoms with Crippen LogP contribution in [0, 0.1) is 12.7 Å². The number of sulfonamides is 1. The van der Waals surface area contributed by atoms with Gasteiger partial charge in [0.25, 0.3) is 5.91 Å². The van der Waals surface area contributed by atoms with Gasteiger partial charge in [0.05, 0.1) is 19.6 Å². The lowest BCUT2D eigenvalue weighted by Crippen LogP contribution is -2.31. The third-order valence-electron chi connectivity index (χ3n) is 4.34. The number of carbonyl (C=O) groups is 2. The van der Waals surface area contributed by atoms with Gasteiger partial charge >= 0.3 is 5.97 Å². The summed E-state index contributed by atoms with van der Waals surface area (Å²) in [6.07, 6.45) is -0.116. The molecule has 29 heavy (non-hydrogen) atoms. The van der Waals surface area contributed by atoms with Gasteiger partial charge < -0.3 is 10.1 Å². The van der Waals surface area contributed by atoms with Crippen LogP contribution in [0.2, 0.25) is 0 Å². The Hall–Kier alpha value is -2.78. The first kappa shape index (κ1) is 22.5. The number of rotatable bonds is 7. The number of benzene rings is 2. The molecule has 0 radical (unpaired) electrons. The van der Waals surface area contributed by atoms with Gasteiger partial charge in [0.15, 0.2) is 0 Å². The summed E-state index contributed by atoms with van der Waals surface area (Å²) in [5.41, 5.74) is 1.64. The first-order chi connectivity index (χ1) is 13.6. The summed E-state index contributed by atoms with van der Waals surface area (Å²) in [7, 11) is -0.285. The van der Waals surface area contributed by atoms with Crippen LogP contribution in [-0.2, 0) is 19.6 Å². The van der Waals surface area contributed by atoms with E-state index in [0.29, 0.717) is 5.56 Å². The van der Waals surface area contributed by atoms with Gasteiger partial charge in [-0.25, -0.2) is 17.1 Å². The highest BCUT2D eigenvalue weighted by atomic mass is 32.2. The van der Waals surface area contributed by atoms with Crippen LogP contribution in [0.5, 0.6) is 0 Å². The minimum absolute atomic E-state index is 0.0474. The Morgan fingerprint density at radius 1 is 1.14 bits per heavy atom. The van der Waals surface area contributed by atoms with Crippen molar-refractivity contribution in [2.75, 3.05) is 21.2 Å². The fourth-order valence-corrected chi connectivity index (χ4v) is 3.57. The molecule has 1 amide bonds. The maximum atomic E-state index is 14.1. The molecule has 2 rings (SSSR count). The van der Waals surface area contributed by atoms with Crippen molar-refractivity contribution in [3.05, 3.63) is 65.0 Å². The van der Waals surface area contributed by atoms with Crippen LogP contribution >= 0.6 is 0 Å². The molecule has 1 unspecified atom stereocenters. The van der Waals surface area contributed by atoms with Gasteiger partial charge in [-0.05, 0) is 30.7 Å². The third-order valence-corrected chi connectivity index (χ3v) is 6.17. The van der Waals surface area contributed by atoms with E-state index >= 15 is 0 Å². The van der Waals surface area contributed by atoms with E-state index in [1.807, 2.05) is 19.1 Å². The molecule has 0 aliphatic carbocycles. The van der Waals surface area contributed by atoms with Gasteiger partial charge in [-0.1, -0.05) is 29.8 Å². The number of carbonyl (C=O) groups excluding carboxylic acids is 2. The number of amides is 1. The highest BCUT2D eigenvalue weighted by Crippen LogP contribution is 2.22. The van der Waals surface area contributed by atoms with E-state index in [9.17, 15) is 22.4 Å². The van der Waals surface area contributed by atoms with Gasteiger partial charge in [0, 0.05) is 19.7 Å². The van der Waals surface area contributed by atoms with Gasteiger partial charge in [0.1, 0.15) is 10.7 Å². The number of esters is 1. The first-order valence-electron chi connectivity index (χ1n) is 8.72. The predicted molar refractivity (Wildman–Crippen MR) is 105 cm³/mol. The van der Waals surface area contributed by atoms with E-state index in [1.54, 1.807) is 12.1 Å². The number of nitrogens with zero attached hydrogens (tertiary/aromatic N) is 1. The van der Waals surface area contributed by atoms with Crippen molar-refractivity contribution in [2.24, 2.45) is 0 Å². The number of halogens is 1. The minimum Gasteiger partial charge on any atom is -0.469 e. The van der Waals surface area contributed by atoms with Crippen LogP contribution in [0.4, 0.5) is 4.39 Å². The minimum atomic E-state index is -4.07.